The molecule has 1 aromatic rings. The van der Waals surface area contributed by atoms with E-state index in [-0.39, 0.29) is 5.54 Å². The minimum Gasteiger partial charge on any atom is -0.337 e. The highest BCUT2D eigenvalue weighted by Gasteiger charge is 2.27. The minimum absolute atomic E-state index is 0.198. The Balaban J connectivity index is 3.02. The van der Waals surface area contributed by atoms with E-state index in [0.717, 1.165) is 5.69 Å². The maximum Gasteiger partial charge on any atom is 0.172 e. The van der Waals surface area contributed by atoms with Gasteiger partial charge in [-0.05, 0) is 39.3 Å². The average molecular weight is 209 g/mol. The van der Waals surface area contributed by atoms with Crippen molar-refractivity contribution >= 4 is 5.69 Å². The number of benzene rings is 1. The first-order chi connectivity index (χ1) is 6.96. The lowest BCUT2D eigenvalue weighted by molar-refractivity contribution is 0.264. The molecule has 0 fully saturated rings. The van der Waals surface area contributed by atoms with Gasteiger partial charge >= 0.3 is 0 Å². The van der Waals surface area contributed by atoms with Crippen LogP contribution in [0.1, 0.15) is 34.1 Å². The number of alkyl halides is 1. The molecular weight excluding hydrogens is 189 g/mol. The van der Waals surface area contributed by atoms with Crippen molar-refractivity contribution in [3.63, 3.8) is 0 Å². The molecule has 0 spiro atoms. The molecular formula is C13H20FN. The van der Waals surface area contributed by atoms with E-state index in [1.807, 2.05) is 62.9 Å². The Morgan fingerprint density at radius 3 is 2.13 bits per heavy atom. The van der Waals surface area contributed by atoms with E-state index in [1.165, 1.54) is 0 Å². The standard InChI is InChI=1S/C13H20FN/c1-5-12(14)15(13(2,3)4)11-9-7-6-8-10-11/h6-10,12H,5H2,1-4H3. The van der Waals surface area contributed by atoms with Gasteiger partial charge in [0, 0.05) is 11.2 Å². The normalized spacial score (nSPS) is 13.7. The molecule has 0 saturated carbocycles. The largest absolute Gasteiger partial charge is 0.337 e. The fourth-order valence-electron chi connectivity index (χ4n) is 1.74. The number of para-hydroxylation sites is 1. The van der Waals surface area contributed by atoms with Crippen LogP contribution in [-0.2, 0) is 0 Å². The van der Waals surface area contributed by atoms with Crippen molar-refractivity contribution in [1.82, 2.24) is 0 Å². The summed E-state index contributed by atoms with van der Waals surface area (Å²) in [5.74, 6) is 0. The van der Waals surface area contributed by atoms with Crippen molar-refractivity contribution in [2.45, 2.75) is 46.0 Å². The summed E-state index contributed by atoms with van der Waals surface area (Å²) in [5, 5.41) is 0. The fraction of sp³-hybridized carbons (Fsp3) is 0.538. The molecule has 0 radical (unpaired) electrons. The maximum absolute atomic E-state index is 13.9. The minimum atomic E-state index is -0.924. The summed E-state index contributed by atoms with van der Waals surface area (Å²) in [6, 6.07) is 9.73. The third-order valence-electron chi connectivity index (χ3n) is 2.37. The molecule has 0 saturated heterocycles. The average Bonchev–Trinajstić information content (AvgIpc) is 2.17. The molecule has 2 heteroatoms. The molecule has 0 aromatic heterocycles. The molecule has 1 aromatic carbocycles. The van der Waals surface area contributed by atoms with E-state index in [0.29, 0.717) is 6.42 Å². The molecule has 1 nitrogen and oxygen atoms in total. The van der Waals surface area contributed by atoms with Gasteiger partial charge in [0.05, 0.1) is 0 Å². The highest BCUT2D eigenvalue weighted by Crippen LogP contribution is 2.27. The zero-order chi connectivity index (χ0) is 11.5. The molecule has 1 atom stereocenters. The van der Waals surface area contributed by atoms with Crippen molar-refractivity contribution in [2.75, 3.05) is 4.90 Å². The van der Waals surface area contributed by atoms with Crippen LogP contribution < -0.4 is 4.90 Å². The summed E-state index contributed by atoms with van der Waals surface area (Å²) in [5.41, 5.74) is 0.746. The summed E-state index contributed by atoms with van der Waals surface area (Å²) in [6.07, 6.45) is -0.418. The van der Waals surface area contributed by atoms with Gasteiger partial charge in [0.25, 0.3) is 0 Å². The summed E-state index contributed by atoms with van der Waals surface area (Å²) in [6.45, 7) is 7.96. The van der Waals surface area contributed by atoms with Gasteiger partial charge in [-0.2, -0.15) is 0 Å². The molecule has 1 rings (SSSR count). The van der Waals surface area contributed by atoms with Crippen molar-refractivity contribution in [1.29, 1.82) is 0 Å². The van der Waals surface area contributed by atoms with Gasteiger partial charge < -0.3 is 4.90 Å². The van der Waals surface area contributed by atoms with Gasteiger partial charge in [-0.1, -0.05) is 25.1 Å². The summed E-state index contributed by atoms with van der Waals surface area (Å²) in [4.78, 5) is 1.83. The van der Waals surface area contributed by atoms with Crippen LogP contribution in [0, 0.1) is 0 Å². The third kappa shape index (κ3) is 2.95. The second kappa shape index (κ2) is 4.65. The van der Waals surface area contributed by atoms with Crippen LogP contribution in [0.2, 0.25) is 0 Å². The molecule has 0 heterocycles. The highest BCUT2D eigenvalue weighted by molar-refractivity contribution is 5.48. The van der Waals surface area contributed by atoms with Crippen LogP contribution in [0.4, 0.5) is 10.1 Å². The van der Waals surface area contributed by atoms with Crippen LogP contribution in [0.25, 0.3) is 0 Å². The molecule has 0 aliphatic rings. The van der Waals surface area contributed by atoms with E-state index < -0.39 is 6.30 Å². The smallest absolute Gasteiger partial charge is 0.172 e. The molecule has 0 N–H and O–H groups in total. The number of rotatable bonds is 3. The lowest BCUT2D eigenvalue weighted by atomic mass is 10.0. The topological polar surface area (TPSA) is 3.24 Å². The predicted molar refractivity (Wildman–Crippen MR) is 63.9 cm³/mol. The number of halogens is 1. The van der Waals surface area contributed by atoms with Gasteiger partial charge in [0.15, 0.2) is 6.30 Å². The predicted octanol–water partition coefficient (Wildman–Crippen LogP) is 4.00. The SMILES string of the molecule is CCC(F)N(c1ccccc1)C(C)(C)C. The van der Waals surface area contributed by atoms with Crippen LogP contribution in [0.5, 0.6) is 0 Å². The van der Waals surface area contributed by atoms with Gasteiger partial charge in [0.2, 0.25) is 0 Å². The molecule has 84 valence electrons. The zero-order valence-electron chi connectivity index (χ0n) is 10.00. The molecule has 15 heavy (non-hydrogen) atoms. The van der Waals surface area contributed by atoms with Crippen LogP contribution in [0.15, 0.2) is 30.3 Å². The molecule has 0 aliphatic heterocycles. The van der Waals surface area contributed by atoms with Gasteiger partial charge in [-0.3, -0.25) is 0 Å². The summed E-state index contributed by atoms with van der Waals surface area (Å²) >= 11 is 0. The highest BCUT2D eigenvalue weighted by atomic mass is 19.1. The van der Waals surface area contributed by atoms with Crippen molar-refractivity contribution in [2.24, 2.45) is 0 Å². The summed E-state index contributed by atoms with van der Waals surface area (Å²) < 4.78 is 13.9. The summed E-state index contributed by atoms with van der Waals surface area (Å²) in [7, 11) is 0. The van der Waals surface area contributed by atoms with Crippen molar-refractivity contribution in [3.8, 4) is 0 Å². The lowest BCUT2D eigenvalue weighted by Gasteiger charge is -2.39. The molecule has 1 unspecified atom stereocenters. The Labute approximate surface area is 91.9 Å². The van der Waals surface area contributed by atoms with Gasteiger partial charge in [0.1, 0.15) is 0 Å². The first-order valence-corrected chi connectivity index (χ1v) is 5.45. The second-order valence-electron chi connectivity index (χ2n) is 4.72. The second-order valence-corrected chi connectivity index (χ2v) is 4.72. The van der Waals surface area contributed by atoms with E-state index in [4.69, 9.17) is 0 Å². The lowest BCUT2D eigenvalue weighted by Crippen LogP contribution is -2.46. The quantitative estimate of drug-likeness (QED) is 0.680. The fourth-order valence-corrected chi connectivity index (χ4v) is 1.74. The third-order valence-corrected chi connectivity index (χ3v) is 2.37. The number of anilines is 1. The first kappa shape index (κ1) is 12.0. The maximum atomic E-state index is 13.9. The Kier molecular flexibility index (Phi) is 3.72. The van der Waals surface area contributed by atoms with Crippen LogP contribution in [0.3, 0.4) is 0 Å². The number of hydrogen-bond donors (Lipinski definition) is 0. The van der Waals surface area contributed by atoms with E-state index in [2.05, 4.69) is 0 Å². The Hall–Kier alpha value is -1.05. The van der Waals surface area contributed by atoms with Crippen LogP contribution in [-0.4, -0.2) is 11.8 Å². The molecule has 0 amide bonds. The Bertz CT molecular complexity index is 289. The van der Waals surface area contributed by atoms with E-state index in [9.17, 15) is 4.39 Å². The van der Waals surface area contributed by atoms with Gasteiger partial charge in [-0.15, -0.1) is 0 Å². The van der Waals surface area contributed by atoms with E-state index in [1.54, 1.807) is 0 Å². The monoisotopic (exact) mass is 209 g/mol. The van der Waals surface area contributed by atoms with Gasteiger partial charge in [-0.25, -0.2) is 4.39 Å². The van der Waals surface area contributed by atoms with Crippen LogP contribution >= 0.6 is 0 Å². The first-order valence-electron chi connectivity index (χ1n) is 5.45. The zero-order valence-corrected chi connectivity index (χ0v) is 10.00. The van der Waals surface area contributed by atoms with Crippen molar-refractivity contribution < 1.29 is 4.39 Å². The molecule has 0 bridgehead atoms. The van der Waals surface area contributed by atoms with Crippen molar-refractivity contribution in [3.05, 3.63) is 30.3 Å². The Morgan fingerprint density at radius 1 is 1.20 bits per heavy atom. The van der Waals surface area contributed by atoms with E-state index >= 15 is 0 Å². The Morgan fingerprint density at radius 2 is 1.73 bits per heavy atom. The number of nitrogens with zero attached hydrogens (tertiary/aromatic N) is 1. The molecule has 0 aliphatic carbocycles. The number of hydrogen-bond acceptors (Lipinski definition) is 1.